The molecule has 1 rings (SSSR count). The van der Waals surface area contributed by atoms with Gasteiger partial charge in [0.1, 0.15) is 0 Å². The Hall–Kier alpha value is -0.120. The Labute approximate surface area is 68.7 Å². The van der Waals surface area contributed by atoms with Gasteiger partial charge in [-0.2, -0.15) is 0 Å². The van der Waals surface area contributed by atoms with Crippen LogP contribution in [0.2, 0.25) is 0 Å². The lowest BCUT2D eigenvalue weighted by Crippen LogP contribution is -2.35. The van der Waals surface area contributed by atoms with E-state index in [2.05, 4.69) is 10.4 Å². The third-order valence-corrected chi connectivity index (χ3v) is 2.12. The average molecular weight is 158 g/mol. The van der Waals surface area contributed by atoms with Gasteiger partial charge in [0.05, 0.1) is 7.11 Å². The molecule has 0 aromatic heterocycles. The van der Waals surface area contributed by atoms with Gasteiger partial charge in [-0.15, -0.1) is 0 Å². The molecule has 0 aromatic rings. The molecule has 11 heavy (non-hydrogen) atoms. The Morgan fingerprint density at radius 1 is 1.27 bits per heavy atom. The molecule has 0 amide bonds. The highest BCUT2D eigenvalue weighted by atomic mass is 16.6. The van der Waals surface area contributed by atoms with E-state index in [-0.39, 0.29) is 0 Å². The summed E-state index contributed by atoms with van der Waals surface area (Å²) in [5, 5.41) is 0. The van der Waals surface area contributed by atoms with E-state index in [4.69, 9.17) is 4.84 Å². The van der Waals surface area contributed by atoms with Gasteiger partial charge < -0.3 is 9.74 Å². The number of hydrogen-bond acceptors (Lipinski definition) is 3. The largest absolute Gasteiger partial charge is 0.305 e. The van der Waals surface area contributed by atoms with Crippen LogP contribution in [0.3, 0.4) is 0 Å². The molecular formula is C8H18N2O. The zero-order valence-electron chi connectivity index (χ0n) is 7.31. The molecule has 66 valence electrons. The first-order valence-electron chi connectivity index (χ1n) is 4.41. The number of rotatable bonds is 4. The lowest BCUT2D eigenvalue weighted by Gasteiger charge is -2.25. The maximum Gasteiger partial charge on any atom is 0.0572 e. The fourth-order valence-electron chi connectivity index (χ4n) is 1.49. The second kappa shape index (κ2) is 5.52. The standard InChI is InChI=1S/C8H18N2O/c1-11-9-5-8-10-6-3-2-4-7-10/h9H,2-8H2,1H3. The summed E-state index contributed by atoms with van der Waals surface area (Å²) in [7, 11) is 1.66. The van der Waals surface area contributed by atoms with Crippen molar-refractivity contribution in [1.29, 1.82) is 0 Å². The second-order valence-electron chi connectivity index (χ2n) is 3.00. The zero-order chi connectivity index (χ0) is 7.94. The summed E-state index contributed by atoms with van der Waals surface area (Å²) in [6.07, 6.45) is 4.15. The van der Waals surface area contributed by atoms with Crippen molar-refractivity contribution in [3.8, 4) is 0 Å². The highest BCUT2D eigenvalue weighted by Crippen LogP contribution is 2.06. The first-order valence-corrected chi connectivity index (χ1v) is 4.41. The van der Waals surface area contributed by atoms with E-state index in [0.29, 0.717) is 0 Å². The summed E-state index contributed by atoms with van der Waals surface area (Å²) >= 11 is 0. The van der Waals surface area contributed by atoms with E-state index >= 15 is 0 Å². The number of nitrogens with zero attached hydrogens (tertiary/aromatic N) is 1. The first-order chi connectivity index (χ1) is 5.43. The van der Waals surface area contributed by atoms with Gasteiger partial charge >= 0.3 is 0 Å². The van der Waals surface area contributed by atoms with Crippen LogP contribution in [0.1, 0.15) is 19.3 Å². The Kier molecular flexibility index (Phi) is 4.50. The first kappa shape index (κ1) is 8.97. The molecule has 0 unspecified atom stereocenters. The lowest BCUT2D eigenvalue weighted by atomic mass is 10.1. The quantitative estimate of drug-likeness (QED) is 0.479. The van der Waals surface area contributed by atoms with E-state index in [9.17, 15) is 0 Å². The molecule has 3 nitrogen and oxygen atoms in total. The van der Waals surface area contributed by atoms with E-state index < -0.39 is 0 Å². The van der Waals surface area contributed by atoms with Crippen LogP contribution < -0.4 is 5.48 Å². The average Bonchev–Trinajstić information content (AvgIpc) is 2.07. The number of hydroxylamine groups is 1. The molecule has 0 aromatic carbocycles. The zero-order valence-corrected chi connectivity index (χ0v) is 7.31. The fourth-order valence-corrected chi connectivity index (χ4v) is 1.49. The van der Waals surface area contributed by atoms with Crippen molar-refractivity contribution in [2.75, 3.05) is 33.3 Å². The van der Waals surface area contributed by atoms with Crippen LogP contribution in [0, 0.1) is 0 Å². The van der Waals surface area contributed by atoms with Crippen molar-refractivity contribution >= 4 is 0 Å². The van der Waals surface area contributed by atoms with Crippen LogP contribution in [0.15, 0.2) is 0 Å². The van der Waals surface area contributed by atoms with Gasteiger partial charge in [-0.1, -0.05) is 6.42 Å². The molecule has 0 aliphatic carbocycles. The molecule has 1 aliphatic rings. The van der Waals surface area contributed by atoms with Crippen LogP contribution in [0.25, 0.3) is 0 Å². The van der Waals surface area contributed by atoms with Gasteiger partial charge in [-0.25, -0.2) is 5.48 Å². The molecule has 0 radical (unpaired) electrons. The van der Waals surface area contributed by atoms with Crippen molar-refractivity contribution < 1.29 is 4.84 Å². The van der Waals surface area contributed by atoms with Gasteiger partial charge in [0.2, 0.25) is 0 Å². The number of hydrogen-bond donors (Lipinski definition) is 1. The predicted molar refractivity (Wildman–Crippen MR) is 45.3 cm³/mol. The summed E-state index contributed by atoms with van der Waals surface area (Å²) in [6.45, 7) is 4.60. The second-order valence-corrected chi connectivity index (χ2v) is 3.00. The monoisotopic (exact) mass is 158 g/mol. The van der Waals surface area contributed by atoms with Gasteiger partial charge in [-0.3, -0.25) is 0 Å². The van der Waals surface area contributed by atoms with Crippen LogP contribution in [-0.2, 0) is 4.84 Å². The third-order valence-electron chi connectivity index (χ3n) is 2.12. The molecule has 0 bridgehead atoms. The van der Waals surface area contributed by atoms with Crippen LogP contribution >= 0.6 is 0 Å². The normalized spacial score (nSPS) is 20.5. The molecular weight excluding hydrogens is 140 g/mol. The minimum Gasteiger partial charge on any atom is -0.305 e. The van der Waals surface area contributed by atoms with Crippen molar-refractivity contribution in [1.82, 2.24) is 10.4 Å². The maximum atomic E-state index is 4.76. The number of nitrogens with one attached hydrogen (secondary N) is 1. The van der Waals surface area contributed by atoms with Gasteiger partial charge in [0, 0.05) is 13.1 Å². The summed E-state index contributed by atoms with van der Waals surface area (Å²) in [5.74, 6) is 0. The lowest BCUT2D eigenvalue weighted by molar-refractivity contribution is 0.0799. The summed E-state index contributed by atoms with van der Waals surface area (Å²) in [5.41, 5.74) is 2.85. The molecule has 1 heterocycles. The molecule has 3 heteroatoms. The minimum absolute atomic E-state index is 0.941. The Morgan fingerprint density at radius 2 is 2.00 bits per heavy atom. The molecule has 0 atom stereocenters. The fraction of sp³-hybridized carbons (Fsp3) is 1.00. The number of likely N-dealkylation sites (tertiary alicyclic amines) is 1. The summed E-state index contributed by atoms with van der Waals surface area (Å²) < 4.78 is 0. The smallest absolute Gasteiger partial charge is 0.0572 e. The van der Waals surface area contributed by atoms with Crippen molar-refractivity contribution in [3.05, 3.63) is 0 Å². The number of piperidine rings is 1. The van der Waals surface area contributed by atoms with Crippen molar-refractivity contribution in [2.24, 2.45) is 0 Å². The summed E-state index contributed by atoms with van der Waals surface area (Å²) in [6, 6.07) is 0. The minimum atomic E-state index is 0.941. The Morgan fingerprint density at radius 3 is 2.64 bits per heavy atom. The highest BCUT2D eigenvalue weighted by Gasteiger charge is 2.08. The van der Waals surface area contributed by atoms with Gasteiger partial charge in [-0.05, 0) is 25.9 Å². The SMILES string of the molecule is CONCCN1CCCCC1. The van der Waals surface area contributed by atoms with Gasteiger partial charge in [0.15, 0.2) is 0 Å². The maximum absolute atomic E-state index is 4.76. The topological polar surface area (TPSA) is 24.5 Å². The van der Waals surface area contributed by atoms with Crippen molar-refractivity contribution in [3.63, 3.8) is 0 Å². The third kappa shape index (κ3) is 3.70. The molecule has 1 saturated heterocycles. The van der Waals surface area contributed by atoms with E-state index in [0.717, 1.165) is 13.1 Å². The van der Waals surface area contributed by atoms with Crippen LogP contribution in [-0.4, -0.2) is 38.2 Å². The van der Waals surface area contributed by atoms with E-state index in [1.165, 1.54) is 32.4 Å². The molecule has 1 fully saturated rings. The molecule has 1 N–H and O–H groups in total. The van der Waals surface area contributed by atoms with Crippen LogP contribution in [0.5, 0.6) is 0 Å². The highest BCUT2D eigenvalue weighted by molar-refractivity contribution is 4.64. The predicted octanol–water partition coefficient (Wildman–Crippen LogP) is 0.623. The van der Waals surface area contributed by atoms with E-state index in [1.54, 1.807) is 7.11 Å². The summed E-state index contributed by atoms with van der Waals surface area (Å²) in [4.78, 5) is 7.24. The van der Waals surface area contributed by atoms with E-state index in [1.807, 2.05) is 0 Å². The Bertz CT molecular complexity index is 92.1. The molecule has 1 aliphatic heterocycles. The molecule has 0 saturated carbocycles. The van der Waals surface area contributed by atoms with Crippen molar-refractivity contribution in [2.45, 2.75) is 19.3 Å². The molecule has 0 spiro atoms. The van der Waals surface area contributed by atoms with Gasteiger partial charge in [0.25, 0.3) is 0 Å². The van der Waals surface area contributed by atoms with Crippen LogP contribution in [0.4, 0.5) is 0 Å². The Balaban J connectivity index is 1.96.